The average Bonchev–Trinajstić information content (AvgIpc) is 2.65. The fourth-order valence-corrected chi connectivity index (χ4v) is 2.82. The molecule has 0 N–H and O–H groups in total. The lowest BCUT2D eigenvalue weighted by atomic mass is 10.1. The third-order valence-corrected chi connectivity index (χ3v) is 3.78. The molecule has 20 heavy (non-hydrogen) atoms. The van der Waals surface area contributed by atoms with Crippen molar-refractivity contribution in [2.75, 3.05) is 0 Å². The fraction of sp³-hybridized carbons (Fsp3) is 0.400. The highest BCUT2D eigenvalue weighted by atomic mass is 35.5. The van der Waals surface area contributed by atoms with Gasteiger partial charge in [0.2, 0.25) is 0 Å². The van der Waals surface area contributed by atoms with E-state index in [1.54, 1.807) is 10.7 Å². The Labute approximate surface area is 128 Å². The minimum Gasteiger partial charge on any atom is -0.221 e. The number of halogens is 3. The number of hydrogen-bond donors (Lipinski definition) is 0. The third-order valence-electron chi connectivity index (χ3n) is 3.13. The van der Waals surface area contributed by atoms with Gasteiger partial charge in [-0.25, -0.2) is 9.07 Å². The lowest BCUT2D eigenvalue weighted by Crippen LogP contribution is -2.02. The number of nitrogens with zero attached hydrogens (tertiary/aromatic N) is 2. The molecule has 108 valence electrons. The van der Waals surface area contributed by atoms with Crippen LogP contribution in [0.1, 0.15) is 30.7 Å². The molecule has 0 saturated heterocycles. The number of rotatable bonds is 4. The first-order valence-corrected chi connectivity index (χ1v) is 7.44. The third kappa shape index (κ3) is 2.99. The zero-order valence-corrected chi connectivity index (χ0v) is 13.3. The van der Waals surface area contributed by atoms with Crippen molar-refractivity contribution in [1.82, 2.24) is 9.78 Å². The van der Waals surface area contributed by atoms with Gasteiger partial charge in [-0.05, 0) is 43.0 Å². The number of aromatic nitrogens is 2. The summed E-state index contributed by atoms with van der Waals surface area (Å²) in [7, 11) is 0. The Kier molecular flexibility index (Phi) is 4.71. The highest BCUT2D eigenvalue weighted by molar-refractivity contribution is 6.31. The van der Waals surface area contributed by atoms with Gasteiger partial charge in [0.1, 0.15) is 11.0 Å². The van der Waals surface area contributed by atoms with E-state index in [9.17, 15) is 4.39 Å². The van der Waals surface area contributed by atoms with Gasteiger partial charge in [0.25, 0.3) is 0 Å². The quantitative estimate of drug-likeness (QED) is 0.733. The summed E-state index contributed by atoms with van der Waals surface area (Å²) in [6, 6.07) is 4.55. The molecular weight excluding hydrogens is 298 g/mol. The van der Waals surface area contributed by atoms with Gasteiger partial charge in [-0.1, -0.05) is 25.4 Å². The van der Waals surface area contributed by atoms with E-state index in [2.05, 4.69) is 18.9 Å². The van der Waals surface area contributed by atoms with E-state index in [1.165, 1.54) is 12.1 Å². The van der Waals surface area contributed by atoms with Gasteiger partial charge in [-0.3, -0.25) is 0 Å². The molecule has 0 bridgehead atoms. The van der Waals surface area contributed by atoms with E-state index in [0.29, 0.717) is 17.0 Å². The van der Waals surface area contributed by atoms with Crippen LogP contribution in [0.5, 0.6) is 0 Å². The number of alkyl halides is 1. The van der Waals surface area contributed by atoms with Crippen molar-refractivity contribution in [3.63, 3.8) is 0 Å². The van der Waals surface area contributed by atoms with E-state index in [0.717, 1.165) is 28.9 Å². The molecule has 0 saturated carbocycles. The van der Waals surface area contributed by atoms with Crippen molar-refractivity contribution in [3.05, 3.63) is 46.0 Å². The first-order chi connectivity index (χ1) is 9.43. The zero-order valence-electron chi connectivity index (χ0n) is 11.8. The summed E-state index contributed by atoms with van der Waals surface area (Å²) >= 11 is 12.4. The molecule has 0 aliphatic carbocycles. The summed E-state index contributed by atoms with van der Waals surface area (Å²) in [5.74, 6) is 0.515. The van der Waals surface area contributed by atoms with Crippen LogP contribution in [0, 0.1) is 18.7 Å². The molecule has 1 aromatic heterocycles. The summed E-state index contributed by atoms with van der Waals surface area (Å²) in [6.07, 6.45) is 0.814. The molecule has 2 aromatic rings. The lowest BCUT2D eigenvalue weighted by Gasteiger charge is -2.07. The topological polar surface area (TPSA) is 17.8 Å². The van der Waals surface area contributed by atoms with Gasteiger partial charge in [0.15, 0.2) is 0 Å². The second kappa shape index (κ2) is 6.15. The van der Waals surface area contributed by atoms with Gasteiger partial charge in [0.05, 0.1) is 17.3 Å². The minimum atomic E-state index is -0.269. The Balaban J connectivity index is 2.54. The standard InChI is InChI=1S/C15H17Cl2FN2/c1-9(2)6-13-12(8-16)15(17)20(19-13)14-5-4-11(18)7-10(14)3/h4-5,7,9H,6,8H2,1-3H3. The summed E-state index contributed by atoms with van der Waals surface area (Å²) in [4.78, 5) is 0. The first-order valence-electron chi connectivity index (χ1n) is 6.52. The van der Waals surface area contributed by atoms with Crippen LogP contribution in [-0.2, 0) is 12.3 Å². The highest BCUT2D eigenvalue weighted by Crippen LogP contribution is 2.28. The molecular formula is C15H17Cl2FN2. The van der Waals surface area contributed by atoms with Crippen LogP contribution < -0.4 is 0 Å². The number of benzene rings is 1. The van der Waals surface area contributed by atoms with Crippen molar-refractivity contribution in [2.45, 2.75) is 33.1 Å². The highest BCUT2D eigenvalue weighted by Gasteiger charge is 2.18. The van der Waals surface area contributed by atoms with E-state index in [4.69, 9.17) is 23.2 Å². The van der Waals surface area contributed by atoms with Gasteiger partial charge in [-0.15, -0.1) is 11.6 Å². The number of hydrogen-bond acceptors (Lipinski definition) is 1. The molecule has 0 atom stereocenters. The van der Waals surface area contributed by atoms with Crippen molar-refractivity contribution in [1.29, 1.82) is 0 Å². The second-order valence-corrected chi connectivity index (χ2v) is 5.92. The van der Waals surface area contributed by atoms with Crippen LogP contribution in [0.3, 0.4) is 0 Å². The van der Waals surface area contributed by atoms with Crippen molar-refractivity contribution in [2.24, 2.45) is 5.92 Å². The maximum atomic E-state index is 13.2. The molecule has 0 amide bonds. The van der Waals surface area contributed by atoms with Crippen LogP contribution in [0.2, 0.25) is 5.15 Å². The Morgan fingerprint density at radius 3 is 2.60 bits per heavy atom. The largest absolute Gasteiger partial charge is 0.221 e. The average molecular weight is 315 g/mol. The maximum Gasteiger partial charge on any atom is 0.137 e. The molecule has 2 rings (SSSR count). The maximum absolute atomic E-state index is 13.2. The molecule has 0 unspecified atom stereocenters. The van der Waals surface area contributed by atoms with Crippen molar-refractivity contribution in [3.8, 4) is 5.69 Å². The second-order valence-electron chi connectivity index (χ2n) is 5.29. The summed E-state index contributed by atoms with van der Waals surface area (Å²) in [5, 5.41) is 5.06. The normalized spacial score (nSPS) is 11.3. The first kappa shape index (κ1) is 15.3. The molecule has 1 aromatic carbocycles. The molecule has 0 radical (unpaired) electrons. The van der Waals surface area contributed by atoms with Crippen LogP contribution in [-0.4, -0.2) is 9.78 Å². The predicted octanol–water partition coefficient (Wildman–Crippen LogP) is 4.91. The Morgan fingerprint density at radius 2 is 2.05 bits per heavy atom. The van der Waals surface area contributed by atoms with Crippen LogP contribution >= 0.6 is 23.2 Å². The summed E-state index contributed by atoms with van der Waals surface area (Å²) in [6.45, 7) is 6.07. The molecule has 1 heterocycles. The van der Waals surface area contributed by atoms with E-state index in [-0.39, 0.29) is 5.82 Å². The van der Waals surface area contributed by atoms with Crippen LogP contribution in [0.4, 0.5) is 4.39 Å². The molecule has 0 fully saturated rings. The van der Waals surface area contributed by atoms with Gasteiger partial charge >= 0.3 is 0 Å². The van der Waals surface area contributed by atoms with Gasteiger partial charge in [0, 0.05) is 5.56 Å². The van der Waals surface area contributed by atoms with Gasteiger partial charge < -0.3 is 0 Å². The fourth-order valence-electron chi connectivity index (χ4n) is 2.17. The minimum absolute atomic E-state index is 0.269. The monoisotopic (exact) mass is 314 g/mol. The molecule has 2 nitrogen and oxygen atoms in total. The Bertz CT molecular complexity index is 621. The Hall–Kier alpha value is -1.06. The lowest BCUT2D eigenvalue weighted by molar-refractivity contribution is 0.622. The Morgan fingerprint density at radius 1 is 1.35 bits per heavy atom. The summed E-state index contributed by atoms with van der Waals surface area (Å²) in [5.41, 5.74) is 3.32. The van der Waals surface area contributed by atoms with E-state index in [1.807, 2.05) is 6.92 Å². The summed E-state index contributed by atoms with van der Waals surface area (Å²) < 4.78 is 14.8. The predicted molar refractivity (Wildman–Crippen MR) is 81.4 cm³/mol. The SMILES string of the molecule is Cc1cc(F)ccc1-n1nc(CC(C)C)c(CCl)c1Cl. The van der Waals surface area contributed by atoms with E-state index < -0.39 is 0 Å². The molecule has 0 spiro atoms. The molecule has 0 aliphatic rings. The van der Waals surface area contributed by atoms with Gasteiger partial charge in [-0.2, -0.15) is 5.10 Å². The molecule has 0 aliphatic heterocycles. The van der Waals surface area contributed by atoms with Crippen LogP contribution in [0.15, 0.2) is 18.2 Å². The van der Waals surface area contributed by atoms with Crippen molar-refractivity contribution < 1.29 is 4.39 Å². The zero-order chi connectivity index (χ0) is 14.9. The number of aryl methyl sites for hydroxylation is 1. The van der Waals surface area contributed by atoms with Crippen molar-refractivity contribution >= 4 is 23.2 Å². The van der Waals surface area contributed by atoms with E-state index >= 15 is 0 Å². The smallest absolute Gasteiger partial charge is 0.137 e. The van der Waals surface area contributed by atoms with Crippen LogP contribution in [0.25, 0.3) is 5.69 Å². The molecule has 5 heteroatoms.